The summed E-state index contributed by atoms with van der Waals surface area (Å²) >= 11 is 0. The maximum Gasteiger partial charge on any atom is 0.181 e. The van der Waals surface area contributed by atoms with Crippen LogP contribution in [0.25, 0.3) is 0 Å². The van der Waals surface area contributed by atoms with Gasteiger partial charge in [0.05, 0.1) is 5.69 Å². The van der Waals surface area contributed by atoms with E-state index in [1.807, 2.05) is 36.4 Å². The van der Waals surface area contributed by atoms with E-state index < -0.39 is 0 Å². The molecule has 0 saturated carbocycles. The van der Waals surface area contributed by atoms with Gasteiger partial charge < -0.3 is 4.42 Å². The molecular formula is C17H15NO. The van der Waals surface area contributed by atoms with Crippen molar-refractivity contribution in [1.29, 1.82) is 0 Å². The Labute approximate surface area is 112 Å². The number of nitrogens with zero attached hydrogens (tertiary/aromatic N) is 1. The fraction of sp³-hybridized carbons (Fsp3) is 0.118. The van der Waals surface area contributed by atoms with Crippen molar-refractivity contribution in [3.63, 3.8) is 0 Å². The van der Waals surface area contributed by atoms with E-state index in [0.29, 0.717) is 0 Å². The lowest BCUT2D eigenvalue weighted by Crippen LogP contribution is -1.95. The molecule has 3 aromatic rings. The van der Waals surface area contributed by atoms with Gasteiger partial charge in [0, 0.05) is 12.8 Å². The lowest BCUT2D eigenvalue weighted by molar-refractivity contribution is 0.512. The molecule has 0 spiro atoms. The molecule has 0 radical (unpaired) electrons. The lowest BCUT2D eigenvalue weighted by atomic mass is 10.1. The van der Waals surface area contributed by atoms with Gasteiger partial charge in [0.1, 0.15) is 5.76 Å². The topological polar surface area (TPSA) is 26.0 Å². The minimum atomic E-state index is 0.795. The quantitative estimate of drug-likeness (QED) is 0.701. The molecule has 2 aromatic carbocycles. The highest BCUT2D eigenvalue weighted by Crippen LogP contribution is 2.16. The summed E-state index contributed by atoms with van der Waals surface area (Å²) in [6.07, 6.45) is 3.15. The highest BCUT2D eigenvalue weighted by atomic mass is 16.3. The summed E-state index contributed by atoms with van der Waals surface area (Å²) in [5, 5.41) is 0. The molecule has 0 aliphatic heterocycles. The van der Waals surface area contributed by atoms with Crippen molar-refractivity contribution in [1.82, 2.24) is 4.98 Å². The molecule has 0 aliphatic rings. The first kappa shape index (κ1) is 11.7. The highest BCUT2D eigenvalue weighted by molar-refractivity contribution is 5.27. The largest absolute Gasteiger partial charge is 0.448 e. The molecule has 0 bridgehead atoms. The first-order valence-electron chi connectivity index (χ1n) is 6.41. The molecule has 0 atom stereocenters. The van der Waals surface area contributed by atoms with Gasteiger partial charge in [-0.1, -0.05) is 60.7 Å². The van der Waals surface area contributed by atoms with Crippen molar-refractivity contribution < 1.29 is 4.42 Å². The predicted molar refractivity (Wildman–Crippen MR) is 75.0 cm³/mol. The Balaban J connectivity index is 1.79. The van der Waals surface area contributed by atoms with E-state index in [9.17, 15) is 0 Å². The zero-order valence-corrected chi connectivity index (χ0v) is 10.6. The van der Waals surface area contributed by atoms with Gasteiger partial charge >= 0.3 is 0 Å². The summed E-state index contributed by atoms with van der Waals surface area (Å²) < 4.78 is 5.53. The van der Waals surface area contributed by atoms with Crippen molar-refractivity contribution in [2.24, 2.45) is 0 Å². The summed E-state index contributed by atoms with van der Waals surface area (Å²) in [6.45, 7) is 0. The van der Waals surface area contributed by atoms with Crippen LogP contribution in [0.5, 0.6) is 0 Å². The Morgan fingerprint density at radius 2 is 1.32 bits per heavy atom. The molecule has 0 amide bonds. The number of aromatic nitrogens is 1. The zero-order chi connectivity index (χ0) is 12.9. The summed E-state index contributed by atoms with van der Waals surface area (Å²) in [5.74, 6) is 0.954. The van der Waals surface area contributed by atoms with Crippen molar-refractivity contribution in [2.75, 3.05) is 0 Å². The van der Waals surface area contributed by atoms with Gasteiger partial charge in [0.2, 0.25) is 0 Å². The molecule has 1 aromatic heterocycles. The SMILES string of the molecule is c1ccc(Cc2ncoc2Cc2ccccc2)cc1. The van der Waals surface area contributed by atoms with Crippen LogP contribution in [0.15, 0.2) is 71.5 Å². The Bertz CT molecular complexity index is 573. The van der Waals surface area contributed by atoms with Crippen LogP contribution in [0.4, 0.5) is 0 Å². The number of benzene rings is 2. The van der Waals surface area contributed by atoms with Crippen LogP contribution in [0, 0.1) is 0 Å². The minimum absolute atomic E-state index is 0.795. The molecule has 0 N–H and O–H groups in total. The predicted octanol–water partition coefficient (Wildman–Crippen LogP) is 3.86. The summed E-state index contributed by atoms with van der Waals surface area (Å²) in [4.78, 5) is 4.34. The summed E-state index contributed by atoms with van der Waals surface area (Å²) in [6, 6.07) is 20.7. The van der Waals surface area contributed by atoms with Crippen molar-refractivity contribution in [3.05, 3.63) is 89.6 Å². The summed E-state index contributed by atoms with van der Waals surface area (Å²) in [5.41, 5.74) is 3.52. The molecule has 2 nitrogen and oxygen atoms in total. The second kappa shape index (κ2) is 5.53. The smallest absolute Gasteiger partial charge is 0.181 e. The first-order chi connectivity index (χ1) is 9.42. The second-order valence-corrected chi connectivity index (χ2v) is 4.55. The third-order valence-electron chi connectivity index (χ3n) is 3.15. The minimum Gasteiger partial charge on any atom is -0.448 e. The highest BCUT2D eigenvalue weighted by Gasteiger charge is 2.09. The maximum absolute atomic E-state index is 5.53. The van der Waals surface area contributed by atoms with Gasteiger partial charge in [-0.15, -0.1) is 0 Å². The summed E-state index contributed by atoms with van der Waals surface area (Å²) in [7, 11) is 0. The van der Waals surface area contributed by atoms with Gasteiger partial charge in [0.15, 0.2) is 6.39 Å². The van der Waals surface area contributed by atoms with Crippen LogP contribution >= 0.6 is 0 Å². The van der Waals surface area contributed by atoms with E-state index in [1.54, 1.807) is 0 Å². The van der Waals surface area contributed by atoms with E-state index in [2.05, 4.69) is 29.2 Å². The molecule has 2 heteroatoms. The molecule has 19 heavy (non-hydrogen) atoms. The monoisotopic (exact) mass is 249 g/mol. The van der Waals surface area contributed by atoms with Gasteiger partial charge in [0.25, 0.3) is 0 Å². The fourth-order valence-corrected chi connectivity index (χ4v) is 2.15. The van der Waals surface area contributed by atoms with Crippen LogP contribution < -0.4 is 0 Å². The van der Waals surface area contributed by atoms with Gasteiger partial charge in [-0.25, -0.2) is 4.98 Å². The van der Waals surface area contributed by atoms with Crippen molar-refractivity contribution in [2.45, 2.75) is 12.8 Å². The van der Waals surface area contributed by atoms with Crippen molar-refractivity contribution in [3.8, 4) is 0 Å². The van der Waals surface area contributed by atoms with Crippen LogP contribution in [0.3, 0.4) is 0 Å². The molecule has 0 saturated heterocycles. The van der Waals surface area contributed by atoms with Gasteiger partial charge in [-0.3, -0.25) is 0 Å². The van der Waals surface area contributed by atoms with Crippen molar-refractivity contribution >= 4 is 0 Å². The molecule has 1 heterocycles. The Hall–Kier alpha value is -2.35. The second-order valence-electron chi connectivity index (χ2n) is 4.55. The maximum atomic E-state index is 5.53. The molecule has 0 unspecified atom stereocenters. The zero-order valence-electron chi connectivity index (χ0n) is 10.6. The fourth-order valence-electron chi connectivity index (χ4n) is 2.15. The Kier molecular flexibility index (Phi) is 3.41. The third-order valence-corrected chi connectivity index (χ3v) is 3.15. The van der Waals surface area contributed by atoms with Gasteiger partial charge in [-0.05, 0) is 11.1 Å². The number of hydrogen-bond donors (Lipinski definition) is 0. The molecular weight excluding hydrogens is 234 g/mol. The van der Waals surface area contributed by atoms with E-state index in [-0.39, 0.29) is 0 Å². The van der Waals surface area contributed by atoms with Crippen LogP contribution in [-0.2, 0) is 12.8 Å². The molecule has 3 rings (SSSR count). The average molecular weight is 249 g/mol. The molecule has 0 fully saturated rings. The number of rotatable bonds is 4. The van der Waals surface area contributed by atoms with E-state index >= 15 is 0 Å². The Morgan fingerprint density at radius 3 is 1.95 bits per heavy atom. The van der Waals surface area contributed by atoms with E-state index in [0.717, 1.165) is 24.3 Å². The van der Waals surface area contributed by atoms with Crippen LogP contribution in [-0.4, -0.2) is 4.98 Å². The number of hydrogen-bond acceptors (Lipinski definition) is 2. The third kappa shape index (κ3) is 2.91. The normalized spacial score (nSPS) is 10.5. The average Bonchev–Trinajstić information content (AvgIpc) is 2.88. The standard InChI is InChI=1S/C17H15NO/c1-3-7-14(8-4-1)11-16-17(19-13-18-16)12-15-9-5-2-6-10-15/h1-10,13H,11-12H2. The van der Waals surface area contributed by atoms with Crippen LogP contribution in [0.2, 0.25) is 0 Å². The lowest BCUT2D eigenvalue weighted by Gasteiger charge is -2.02. The van der Waals surface area contributed by atoms with E-state index in [1.165, 1.54) is 17.5 Å². The molecule has 94 valence electrons. The van der Waals surface area contributed by atoms with Gasteiger partial charge in [-0.2, -0.15) is 0 Å². The number of oxazole rings is 1. The Morgan fingerprint density at radius 1 is 0.737 bits per heavy atom. The van der Waals surface area contributed by atoms with Crippen LogP contribution in [0.1, 0.15) is 22.6 Å². The molecule has 0 aliphatic carbocycles. The first-order valence-corrected chi connectivity index (χ1v) is 6.41. The van der Waals surface area contributed by atoms with E-state index in [4.69, 9.17) is 4.42 Å².